The lowest BCUT2D eigenvalue weighted by atomic mass is 9.67. The standard InChI is InChI=1S/C33H35Cl2NOS/c1-3-18-33(2)20-29(26-10-7-11-28(35)19-26)31(25-14-16-27(34)17-15-25)36(32(33)37)30(24-12-13-24)22-38-21-23-8-5-4-6-9-23/h3-11,14-17,19,24,29-31H,1,12-13,18,20-22H2,2H3/t29?,30-,31-,33+/m1/s1. The molecule has 1 aliphatic carbocycles. The molecule has 3 aromatic rings. The lowest BCUT2D eigenvalue weighted by molar-refractivity contribution is -0.154. The molecule has 38 heavy (non-hydrogen) atoms. The van der Waals surface area contributed by atoms with E-state index in [2.05, 4.69) is 73.0 Å². The molecule has 5 heteroatoms. The highest BCUT2D eigenvalue weighted by Gasteiger charge is 2.53. The van der Waals surface area contributed by atoms with Gasteiger partial charge in [-0.3, -0.25) is 4.79 Å². The van der Waals surface area contributed by atoms with Crippen LogP contribution in [0.15, 0.2) is 91.5 Å². The molecule has 2 fully saturated rings. The number of piperidine rings is 1. The van der Waals surface area contributed by atoms with E-state index in [1.54, 1.807) is 0 Å². The Kier molecular flexibility index (Phi) is 8.57. The number of allylic oxidation sites excluding steroid dienone is 1. The molecule has 1 aliphatic heterocycles. The van der Waals surface area contributed by atoms with E-state index in [0.29, 0.717) is 17.4 Å². The predicted molar refractivity (Wildman–Crippen MR) is 162 cm³/mol. The maximum absolute atomic E-state index is 14.6. The normalized spacial score (nSPS) is 24.3. The maximum atomic E-state index is 14.6. The van der Waals surface area contributed by atoms with Crippen molar-refractivity contribution >= 4 is 40.9 Å². The fourth-order valence-corrected chi connectivity index (χ4v) is 7.59. The highest BCUT2D eigenvalue weighted by atomic mass is 35.5. The first kappa shape index (κ1) is 27.4. The molecule has 1 saturated heterocycles. The van der Waals surface area contributed by atoms with Crippen LogP contribution in [0.2, 0.25) is 10.0 Å². The van der Waals surface area contributed by atoms with E-state index in [-0.39, 0.29) is 23.9 Å². The van der Waals surface area contributed by atoms with Crippen LogP contribution in [0, 0.1) is 11.3 Å². The monoisotopic (exact) mass is 563 g/mol. The quantitative estimate of drug-likeness (QED) is 0.229. The van der Waals surface area contributed by atoms with Crippen LogP contribution >= 0.6 is 35.0 Å². The summed E-state index contributed by atoms with van der Waals surface area (Å²) >= 11 is 14.8. The van der Waals surface area contributed by atoms with E-state index in [4.69, 9.17) is 23.2 Å². The topological polar surface area (TPSA) is 20.3 Å². The van der Waals surface area contributed by atoms with Gasteiger partial charge in [-0.05, 0) is 72.6 Å². The molecule has 3 aromatic carbocycles. The third-order valence-corrected chi connectivity index (χ3v) is 9.71. The molecular weight excluding hydrogens is 529 g/mol. The van der Waals surface area contributed by atoms with Crippen molar-refractivity contribution in [1.29, 1.82) is 0 Å². The van der Waals surface area contributed by atoms with Gasteiger partial charge in [-0.1, -0.05) is 90.8 Å². The van der Waals surface area contributed by atoms with Gasteiger partial charge in [0.25, 0.3) is 0 Å². The number of carbonyl (C=O) groups is 1. The largest absolute Gasteiger partial charge is 0.330 e. The Hall–Kier alpha value is -2.20. The summed E-state index contributed by atoms with van der Waals surface area (Å²) < 4.78 is 0. The molecule has 2 aliphatic rings. The van der Waals surface area contributed by atoms with Gasteiger partial charge in [-0.25, -0.2) is 0 Å². The van der Waals surface area contributed by atoms with Crippen LogP contribution in [0.4, 0.5) is 0 Å². The number of carbonyl (C=O) groups excluding carboxylic acids is 1. The van der Waals surface area contributed by atoms with Gasteiger partial charge in [0.05, 0.1) is 11.5 Å². The number of hydrogen-bond donors (Lipinski definition) is 0. The Morgan fingerprint density at radius 2 is 1.74 bits per heavy atom. The van der Waals surface area contributed by atoms with Gasteiger partial charge < -0.3 is 4.90 Å². The van der Waals surface area contributed by atoms with Gasteiger partial charge in [0.1, 0.15) is 0 Å². The predicted octanol–water partition coefficient (Wildman–Crippen LogP) is 9.35. The van der Waals surface area contributed by atoms with Crippen LogP contribution in [-0.2, 0) is 10.5 Å². The van der Waals surface area contributed by atoms with Crippen LogP contribution in [0.1, 0.15) is 61.3 Å². The summed E-state index contributed by atoms with van der Waals surface area (Å²) in [4.78, 5) is 16.8. The molecule has 4 atom stereocenters. The van der Waals surface area contributed by atoms with Gasteiger partial charge in [0.2, 0.25) is 5.91 Å². The Morgan fingerprint density at radius 1 is 1.00 bits per heavy atom. The van der Waals surface area contributed by atoms with Crippen molar-refractivity contribution in [3.63, 3.8) is 0 Å². The van der Waals surface area contributed by atoms with Gasteiger partial charge in [0, 0.05) is 33.5 Å². The number of amides is 1. The summed E-state index contributed by atoms with van der Waals surface area (Å²) in [5, 5.41) is 1.43. The average Bonchev–Trinajstić information content (AvgIpc) is 3.75. The third kappa shape index (κ3) is 6.01. The Labute approximate surface area is 241 Å². The van der Waals surface area contributed by atoms with E-state index in [0.717, 1.165) is 28.5 Å². The number of thioether (sulfide) groups is 1. The molecule has 0 radical (unpaired) electrons. The third-order valence-electron chi connectivity index (χ3n) is 8.11. The maximum Gasteiger partial charge on any atom is 0.229 e. The van der Waals surface area contributed by atoms with E-state index in [9.17, 15) is 4.79 Å². The zero-order valence-corrected chi connectivity index (χ0v) is 24.2. The zero-order valence-electron chi connectivity index (χ0n) is 21.9. The highest BCUT2D eigenvalue weighted by Crippen LogP contribution is 2.54. The molecule has 198 valence electrons. The number of benzene rings is 3. The summed E-state index contributed by atoms with van der Waals surface area (Å²) in [6.45, 7) is 6.15. The number of hydrogen-bond acceptors (Lipinski definition) is 2. The average molecular weight is 565 g/mol. The molecule has 1 heterocycles. The first-order chi connectivity index (χ1) is 18.4. The second-order valence-electron chi connectivity index (χ2n) is 11.0. The minimum Gasteiger partial charge on any atom is -0.330 e. The molecule has 2 nitrogen and oxygen atoms in total. The summed E-state index contributed by atoms with van der Waals surface area (Å²) in [7, 11) is 0. The van der Waals surface area contributed by atoms with Gasteiger partial charge in [-0.2, -0.15) is 11.8 Å². The molecule has 0 N–H and O–H groups in total. The van der Waals surface area contributed by atoms with Crippen molar-refractivity contribution in [2.75, 3.05) is 5.75 Å². The number of likely N-dealkylation sites (tertiary alicyclic amines) is 1. The van der Waals surface area contributed by atoms with Gasteiger partial charge >= 0.3 is 0 Å². The lowest BCUT2D eigenvalue weighted by Gasteiger charge is -2.52. The van der Waals surface area contributed by atoms with Crippen LogP contribution in [0.25, 0.3) is 0 Å². The van der Waals surface area contributed by atoms with E-state index >= 15 is 0 Å². The Balaban J connectivity index is 1.57. The number of nitrogens with zero attached hydrogens (tertiary/aromatic N) is 1. The summed E-state index contributed by atoms with van der Waals surface area (Å²) in [6, 6.07) is 27.0. The zero-order chi connectivity index (χ0) is 26.7. The van der Waals surface area contributed by atoms with Crippen molar-refractivity contribution < 1.29 is 4.79 Å². The first-order valence-corrected chi connectivity index (χ1v) is 15.4. The molecule has 0 aromatic heterocycles. The summed E-state index contributed by atoms with van der Waals surface area (Å²) in [5.41, 5.74) is 3.11. The minimum absolute atomic E-state index is 0.0842. The van der Waals surface area contributed by atoms with Crippen molar-refractivity contribution in [1.82, 2.24) is 4.90 Å². The SMILES string of the molecule is C=CC[C@@]1(C)CC(c2cccc(Cl)c2)[C@@H](c2ccc(Cl)cc2)N([C@H](CSCc2ccccc2)C2CC2)C1=O. The fourth-order valence-electron chi connectivity index (χ4n) is 6.05. The smallest absolute Gasteiger partial charge is 0.229 e. The highest BCUT2D eigenvalue weighted by molar-refractivity contribution is 7.98. The Bertz CT molecular complexity index is 1260. The van der Waals surface area contributed by atoms with Crippen molar-refractivity contribution in [2.45, 2.75) is 56.4 Å². The Morgan fingerprint density at radius 3 is 2.39 bits per heavy atom. The molecule has 1 saturated carbocycles. The van der Waals surface area contributed by atoms with Gasteiger partial charge in [-0.15, -0.1) is 6.58 Å². The van der Waals surface area contributed by atoms with E-state index < -0.39 is 5.41 Å². The van der Waals surface area contributed by atoms with Gasteiger partial charge in [0.15, 0.2) is 0 Å². The van der Waals surface area contributed by atoms with Crippen molar-refractivity contribution in [3.8, 4) is 0 Å². The van der Waals surface area contributed by atoms with E-state index in [1.807, 2.05) is 42.1 Å². The minimum atomic E-state index is -0.519. The molecule has 1 unspecified atom stereocenters. The van der Waals surface area contributed by atoms with Crippen LogP contribution in [-0.4, -0.2) is 22.6 Å². The van der Waals surface area contributed by atoms with Crippen molar-refractivity contribution in [2.24, 2.45) is 11.3 Å². The summed E-state index contributed by atoms with van der Waals surface area (Å²) in [6.07, 6.45) is 5.66. The fraction of sp³-hybridized carbons (Fsp3) is 0.364. The van der Waals surface area contributed by atoms with E-state index in [1.165, 1.54) is 24.0 Å². The summed E-state index contributed by atoms with van der Waals surface area (Å²) in [5.74, 6) is 2.75. The van der Waals surface area contributed by atoms with Crippen LogP contribution in [0.3, 0.4) is 0 Å². The second kappa shape index (κ2) is 11.9. The second-order valence-corrected chi connectivity index (χ2v) is 12.9. The van der Waals surface area contributed by atoms with Crippen LogP contribution < -0.4 is 0 Å². The number of rotatable bonds is 10. The molecular formula is C33H35Cl2NOS. The van der Waals surface area contributed by atoms with Crippen molar-refractivity contribution in [3.05, 3.63) is 118 Å². The number of halogens is 2. The molecule has 0 spiro atoms. The first-order valence-electron chi connectivity index (χ1n) is 13.5. The molecule has 1 amide bonds. The molecule has 5 rings (SSSR count). The molecule has 0 bridgehead atoms. The van der Waals surface area contributed by atoms with Crippen LogP contribution in [0.5, 0.6) is 0 Å². The lowest BCUT2D eigenvalue weighted by Crippen LogP contribution is -2.56.